The summed E-state index contributed by atoms with van der Waals surface area (Å²) in [5, 5.41) is 4.57. The predicted molar refractivity (Wildman–Crippen MR) is 117 cm³/mol. The molecular weight excluding hydrogens is 364 g/mol. The van der Waals surface area contributed by atoms with Gasteiger partial charge in [-0.25, -0.2) is 0 Å². The second-order valence-corrected chi connectivity index (χ2v) is 7.33. The zero-order valence-electron chi connectivity index (χ0n) is 16.9. The van der Waals surface area contributed by atoms with Gasteiger partial charge in [0, 0.05) is 43.3 Å². The third-order valence-electron chi connectivity index (χ3n) is 5.58. The van der Waals surface area contributed by atoms with Crippen LogP contribution < -0.4 is 15.0 Å². The smallest absolute Gasteiger partial charge is 0.236 e. The Bertz CT molecular complexity index is 960. The number of para-hydroxylation sites is 3. The number of benzene rings is 2. The topological polar surface area (TPSA) is 60.6 Å². The molecule has 0 aliphatic carbocycles. The fourth-order valence-corrected chi connectivity index (χ4v) is 3.96. The van der Waals surface area contributed by atoms with Crippen LogP contribution >= 0.6 is 0 Å². The van der Waals surface area contributed by atoms with E-state index in [0.29, 0.717) is 6.54 Å². The molecule has 0 bridgehead atoms. The quantitative estimate of drug-likeness (QED) is 0.607. The number of rotatable bonds is 7. The van der Waals surface area contributed by atoms with Crippen LogP contribution in [0.3, 0.4) is 0 Å². The van der Waals surface area contributed by atoms with Crippen LogP contribution in [0.25, 0.3) is 10.9 Å². The molecule has 2 N–H and O–H groups in total. The Hall–Kier alpha value is -2.99. The van der Waals surface area contributed by atoms with Gasteiger partial charge in [0.15, 0.2) is 0 Å². The van der Waals surface area contributed by atoms with Crippen molar-refractivity contribution in [2.24, 2.45) is 0 Å². The Morgan fingerprint density at radius 2 is 1.83 bits per heavy atom. The van der Waals surface area contributed by atoms with Crippen molar-refractivity contribution in [3.05, 3.63) is 60.3 Å². The molecule has 3 aromatic rings. The minimum Gasteiger partial charge on any atom is -0.495 e. The number of anilines is 1. The van der Waals surface area contributed by atoms with Crippen LogP contribution in [-0.4, -0.2) is 62.2 Å². The molecule has 0 saturated carbocycles. The highest BCUT2D eigenvalue weighted by Gasteiger charge is 2.22. The van der Waals surface area contributed by atoms with Gasteiger partial charge in [0.05, 0.1) is 19.3 Å². The summed E-state index contributed by atoms with van der Waals surface area (Å²) in [6.45, 7) is 4.29. The first-order chi connectivity index (χ1) is 14.3. The van der Waals surface area contributed by atoms with Crippen LogP contribution in [0.15, 0.2) is 54.7 Å². The average Bonchev–Trinajstić information content (AvgIpc) is 3.20. The zero-order valence-corrected chi connectivity index (χ0v) is 16.9. The third kappa shape index (κ3) is 4.38. The number of nitrogens with zero attached hydrogens (tertiary/aromatic N) is 2. The van der Waals surface area contributed by atoms with Gasteiger partial charge in [0.2, 0.25) is 5.91 Å². The van der Waals surface area contributed by atoms with Crippen molar-refractivity contribution in [2.75, 3.05) is 51.3 Å². The number of aromatic nitrogens is 1. The highest BCUT2D eigenvalue weighted by Crippen LogP contribution is 2.28. The molecule has 6 heteroatoms. The van der Waals surface area contributed by atoms with E-state index in [1.807, 2.05) is 29.2 Å². The summed E-state index contributed by atoms with van der Waals surface area (Å²) in [5.41, 5.74) is 3.54. The Morgan fingerprint density at radius 1 is 1.07 bits per heavy atom. The Morgan fingerprint density at radius 3 is 2.66 bits per heavy atom. The zero-order chi connectivity index (χ0) is 20.1. The van der Waals surface area contributed by atoms with Gasteiger partial charge in [-0.2, -0.15) is 0 Å². The van der Waals surface area contributed by atoms with Crippen LogP contribution in [0, 0.1) is 0 Å². The summed E-state index contributed by atoms with van der Waals surface area (Å²) in [6.07, 6.45) is 2.96. The Kier molecular flexibility index (Phi) is 6.00. The molecule has 2 heterocycles. The van der Waals surface area contributed by atoms with Crippen molar-refractivity contribution in [2.45, 2.75) is 6.42 Å². The number of fused-ring (bicyclic) bond motifs is 1. The van der Waals surface area contributed by atoms with Crippen LogP contribution in [0.5, 0.6) is 5.75 Å². The van der Waals surface area contributed by atoms with E-state index >= 15 is 0 Å². The largest absolute Gasteiger partial charge is 0.495 e. The van der Waals surface area contributed by atoms with Crippen LogP contribution in [0.2, 0.25) is 0 Å². The highest BCUT2D eigenvalue weighted by atomic mass is 16.5. The number of hydrogen-bond acceptors (Lipinski definition) is 4. The standard InChI is InChI=1S/C23H28N4O2/c1-29-22-9-5-4-8-21(22)26-12-14-27(15-13-26)23(28)17-24-11-10-18-16-25-20-7-3-2-6-19(18)20/h2-9,16,24-25H,10-15,17H2,1H3. The van der Waals surface area contributed by atoms with Gasteiger partial charge in [-0.3, -0.25) is 4.79 Å². The third-order valence-corrected chi connectivity index (χ3v) is 5.58. The lowest BCUT2D eigenvalue weighted by Crippen LogP contribution is -2.51. The molecular formula is C23H28N4O2. The predicted octanol–water partition coefficient (Wildman–Crippen LogP) is 2.66. The van der Waals surface area contributed by atoms with E-state index in [-0.39, 0.29) is 5.91 Å². The minimum atomic E-state index is 0.170. The lowest BCUT2D eigenvalue weighted by molar-refractivity contribution is -0.130. The number of ether oxygens (including phenoxy) is 1. The lowest BCUT2D eigenvalue weighted by Gasteiger charge is -2.36. The van der Waals surface area contributed by atoms with Gasteiger partial charge in [-0.05, 0) is 36.7 Å². The molecule has 4 rings (SSSR count). The summed E-state index contributed by atoms with van der Waals surface area (Å²) in [5.74, 6) is 1.05. The molecule has 2 aromatic carbocycles. The molecule has 1 saturated heterocycles. The molecule has 1 fully saturated rings. The summed E-state index contributed by atoms with van der Waals surface area (Å²) < 4.78 is 5.46. The first kappa shape index (κ1) is 19.3. The molecule has 29 heavy (non-hydrogen) atoms. The summed E-state index contributed by atoms with van der Waals surface area (Å²) >= 11 is 0. The molecule has 0 unspecified atom stereocenters. The van der Waals surface area contributed by atoms with Crippen molar-refractivity contribution < 1.29 is 9.53 Å². The summed E-state index contributed by atoms with van der Waals surface area (Å²) in [4.78, 5) is 20.1. The van der Waals surface area contributed by atoms with E-state index in [2.05, 4.69) is 45.7 Å². The maximum absolute atomic E-state index is 12.6. The first-order valence-corrected chi connectivity index (χ1v) is 10.2. The van der Waals surface area contributed by atoms with E-state index in [9.17, 15) is 4.79 Å². The molecule has 1 aliphatic heterocycles. The van der Waals surface area contributed by atoms with E-state index < -0.39 is 0 Å². The average molecular weight is 393 g/mol. The SMILES string of the molecule is COc1ccccc1N1CCN(C(=O)CNCCc2c[nH]c3ccccc23)CC1. The maximum Gasteiger partial charge on any atom is 0.236 e. The van der Waals surface area contributed by atoms with Crippen molar-refractivity contribution >= 4 is 22.5 Å². The molecule has 0 spiro atoms. The van der Waals surface area contributed by atoms with Crippen LogP contribution in [-0.2, 0) is 11.2 Å². The normalized spacial score (nSPS) is 14.4. The van der Waals surface area contributed by atoms with E-state index in [4.69, 9.17) is 4.74 Å². The van der Waals surface area contributed by atoms with Gasteiger partial charge in [0.1, 0.15) is 5.75 Å². The number of H-pyrrole nitrogens is 1. The molecule has 0 radical (unpaired) electrons. The van der Waals surface area contributed by atoms with Crippen molar-refractivity contribution in [1.29, 1.82) is 0 Å². The van der Waals surface area contributed by atoms with Gasteiger partial charge in [-0.1, -0.05) is 30.3 Å². The summed E-state index contributed by atoms with van der Waals surface area (Å²) in [7, 11) is 1.70. The number of carbonyl (C=O) groups is 1. The van der Waals surface area contributed by atoms with Gasteiger partial charge < -0.3 is 24.8 Å². The van der Waals surface area contributed by atoms with Crippen molar-refractivity contribution in [3.8, 4) is 5.75 Å². The van der Waals surface area contributed by atoms with E-state index in [0.717, 1.165) is 56.1 Å². The first-order valence-electron chi connectivity index (χ1n) is 10.2. The van der Waals surface area contributed by atoms with Crippen molar-refractivity contribution in [1.82, 2.24) is 15.2 Å². The van der Waals surface area contributed by atoms with Crippen molar-refractivity contribution in [3.63, 3.8) is 0 Å². The van der Waals surface area contributed by atoms with E-state index in [1.165, 1.54) is 10.9 Å². The Labute approximate surface area is 171 Å². The van der Waals surface area contributed by atoms with Gasteiger partial charge in [0.25, 0.3) is 0 Å². The highest BCUT2D eigenvalue weighted by molar-refractivity contribution is 5.83. The molecule has 0 atom stereocenters. The van der Waals surface area contributed by atoms with E-state index in [1.54, 1.807) is 7.11 Å². The van der Waals surface area contributed by atoms with Gasteiger partial charge >= 0.3 is 0 Å². The molecule has 152 valence electrons. The second kappa shape index (κ2) is 9.01. The number of amides is 1. The number of aromatic amines is 1. The van der Waals surface area contributed by atoms with Gasteiger partial charge in [-0.15, -0.1) is 0 Å². The minimum absolute atomic E-state index is 0.170. The molecule has 1 aromatic heterocycles. The number of methoxy groups -OCH3 is 1. The molecule has 1 amide bonds. The number of carbonyl (C=O) groups excluding carboxylic acids is 1. The Balaban J connectivity index is 1.22. The number of hydrogen-bond donors (Lipinski definition) is 2. The maximum atomic E-state index is 12.6. The summed E-state index contributed by atoms with van der Waals surface area (Å²) in [6, 6.07) is 16.4. The molecule has 6 nitrogen and oxygen atoms in total. The van der Waals surface area contributed by atoms with Crippen LogP contribution in [0.1, 0.15) is 5.56 Å². The number of piperazine rings is 1. The fourth-order valence-electron chi connectivity index (χ4n) is 3.96. The monoisotopic (exact) mass is 392 g/mol. The lowest BCUT2D eigenvalue weighted by atomic mass is 10.1. The second-order valence-electron chi connectivity index (χ2n) is 7.33. The number of nitrogens with one attached hydrogen (secondary N) is 2. The van der Waals surface area contributed by atoms with Crippen LogP contribution in [0.4, 0.5) is 5.69 Å². The fraction of sp³-hybridized carbons (Fsp3) is 0.348. The molecule has 1 aliphatic rings.